The van der Waals surface area contributed by atoms with Crippen molar-refractivity contribution in [3.8, 4) is 0 Å². The van der Waals surface area contributed by atoms with E-state index in [9.17, 15) is 9.90 Å². The van der Waals surface area contributed by atoms with E-state index in [1.54, 1.807) is 48.5 Å². The first-order chi connectivity index (χ1) is 8.72. The van der Waals surface area contributed by atoms with Gasteiger partial charge in [-0.3, -0.25) is 4.79 Å². The van der Waals surface area contributed by atoms with Gasteiger partial charge in [-0.25, -0.2) is 0 Å². The summed E-state index contributed by atoms with van der Waals surface area (Å²) in [6.07, 6.45) is -0.950. The summed E-state index contributed by atoms with van der Waals surface area (Å²) >= 11 is 0. The number of carbonyl (C=O) groups excluding carboxylic acids is 1. The Labute approximate surface area is 105 Å². The van der Waals surface area contributed by atoms with Gasteiger partial charge in [-0.05, 0) is 11.6 Å². The molecule has 3 heteroatoms. The summed E-state index contributed by atoms with van der Waals surface area (Å²) in [6, 6.07) is 15.6. The van der Waals surface area contributed by atoms with Crippen LogP contribution >= 0.6 is 0 Å². The van der Waals surface area contributed by atoms with Crippen molar-refractivity contribution in [1.29, 1.82) is 0 Å². The number of aliphatic hydroxyl groups excluding tert-OH is 2. The first kappa shape index (κ1) is 12.5. The minimum atomic E-state index is -0.950. The summed E-state index contributed by atoms with van der Waals surface area (Å²) in [5, 5.41) is 18.4. The predicted molar refractivity (Wildman–Crippen MR) is 68.4 cm³/mol. The lowest BCUT2D eigenvalue weighted by atomic mass is 10.00. The molecule has 0 bridgehead atoms. The lowest BCUT2D eigenvalue weighted by molar-refractivity contribution is 0.0952. The van der Waals surface area contributed by atoms with Gasteiger partial charge in [0.15, 0.2) is 5.78 Å². The van der Waals surface area contributed by atoms with Gasteiger partial charge in [0.1, 0.15) is 6.10 Å². The van der Waals surface area contributed by atoms with Crippen molar-refractivity contribution in [1.82, 2.24) is 0 Å². The number of rotatable bonds is 4. The van der Waals surface area contributed by atoms with Crippen LogP contribution in [0.25, 0.3) is 0 Å². The third kappa shape index (κ3) is 2.64. The summed E-state index contributed by atoms with van der Waals surface area (Å²) in [5.41, 5.74) is 1.65. The zero-order valence-corrected chi connectivity index (χ0v) is 9.78. The van der Waals surface area contributed by atoms with E-state index in [1.807, 2.05) is 6.07 Å². The molecule has 0 aliphatic heterocycles. The number of ketones is 1. The molecule has 0 aliphatic rings. The van der Waals surface area contributed by atoms with E-state index in [4.69, 9.17) is 5.11 Å². The van der Waals surface area contributed by atoms with Crippen LogP contribution in [0.3, 0.4) is 0 Å². The normalized spacial score (nSPS) is 12.1. The van der Waals surface area contributed by atoms with Crippen molar-refractivity contribution in [2.45, 2.75) is 6.10 Å². The van der Waals surface area contributed by atoms with Crippen LogP contribution in [0.1, 0.15) is 27.6 Å². The lowest BCUT2D eigenvalue weighted by Gasteiger charge is -2.09. The highest BCUT2D eigenvalue weighted by Crippen LogP contribution is 2.16. The maximum Gasteiger partial charge on any atom is 0.193 e. The number of aliphatic hydroxyl groups is 2. The number of hydrogen-bond acceptors (Lipinski definition) is 3. The molecule has 18 heavy (non-hydrogen) atoms. The Hall–Kier alpha value is -1.97. The number of benzene rings is 2. The molecular formula is C15H14O3. The van der Waals surface area contributed by atoms with Gasteiger partial charge < -0.3 is 10.2 Å². The van der Waals surface area contributed by atoms with Gasteiger partial charge in [-0.1, -0.05) is 48.5 Å². The molecule has 2 aromatic carbocycles. The van der Waals surface area contributed by atoms with Crippen molar-refractivity contribution in [3.63, 3.8) is 0 Å². The fourth-order valence-corrected chi connectivity index (χ4v) is 1.75. The van der Waals surface area contributed by atoms with Gasteiger partial charge in [0.2, 0.25) is 0 Å². The first-order valence-electron chi connectivity index (χ1n) is 5.71. The summed E-state index contributed by atoms with van der Waals surface area (Å²) in [5.74, 6) is -0.0948. The molecule has 0 heterocycles. The molecular weight excluding hydrogens is 228 g/mol. The molecule has 2 aromatic rings. The Morgan fingerprint density at radius 2 is 1.67 bits per heavy atom. The van der Waals surface area contributed by atoms with Crippen molar-refractivity contribution in [2.24, 2.45) is 0 Å². The second-order valence-electron chi connectivity index (χ2n) is 4.02. The van der Waals surface area contributed by atoms with Crippen molar-refractivity contribution < 1.29 is 15.0 Å². The minimum absolute atomic E-state index is 0.0948. The SMILES string of the molecule is O=C(c1ccccc1)c1cccc(C(O)CO)c1. The molecule has 1 unspecified atom stereocenters. The topological polar surface area (TPSA) is 57.5 Å². The summed E-state index contributed by atoms with van der Waals surface area (Å²) in [4.78, 5) is 12.2. The first-order valence-corrected chi connectivity index (χ1v) is 5.71. The fourth-order valence-electron chi connectivity index (χ4n) is 1.75. The molecule has 2 rings (SSSR count). The molecule has 0 fully saturated rings. The molecule has 3 nitrogen and oxygen atoms in total. The van der Waals surface area contributed by atoms with E-state index in [0.29, 0.717) is 16.7 Å². The zero-order valence-electron chi connectivity index (χ0n) is 9.78. The lowest BCUT2D eigenvalue weighted by Crippen LogP contribution is -2.06. The van der Waals surface area contributed by atoms with Crippen molar-refractivity contribution in [3.05, 3.63) is 71.3 Å². The molecule has 0 spiro atoms. The van der Waals surface area contributed by atoms with Gasteiger partial charge in [0, 0.05) is 11.1 Å². The number of hydrogen-bond donors (Lipinski definition) is 2. The van der Waals surface area contributed by atoms with Crippen LogP contribution in [-0.2, 0) is 0 Å². The van der Waals surface area contributed by atoms with E-state index in [1.165, 1.54) is 0 Å². The summed E-state index contributed by atoms with van der Waals surface area (Å²) in [6.45, 7) is -0.358. The molecule has 0 aliphatic carbocycles. The molecule has 1 atom stereocenters. The highest BCUT2D eigenvalue weighted by Gasteiger charge is 2.11. The van der Waals surface area contributed by atoms with Crippen LogP contribution in [0.2, 0.25) is 0 Å². The largest absolute Gasteiger partial charge is 0.393 e. The molecule has 0 saturated heterocycles. The third-order valence-electron chi connectivity index (χ3n) is 2.74. The van der Waals surface area contributed by atoms with E-state index >= 15 is 0 Å². The van der Waals surface area contributed by atoms with Crippen molar-refractivity contribution >= 4 is 5.78 Å². The number of carbonyl (C=O) groups is 1. The van der Waals surface area contributed by atoms with Gasteiger partial charge in [-0.15, -0.1) is 0 Å². The maximum absolute atomic E-state index is 12.2. The molecule has 0 saturated carbocycles. The zero-order chi connectivity index (χ0) is 13.0. The van der Waals surface area contributed by atoms with Gasteiger partial charge >= 0.3 is 0 Å². The summed E-state index contributed by atoms with van der Waals surface area (Å²) < 4.78 is 0. The van der Waals surface area contributed by atoms with Crippen LogP contribution in [-0.4, -0.2) is 22.6 Å². The van der Waals surface area contributed by atoms with Gasteiger partial charge in [0.05, 0.1) is 6.61 Å². The van der Waals surface area contributed by atoms with E-state index in [-0.39, 0.29) is 12.4 Å². The smallest absolute Gasteiger partial charge is 0.193 e. The molecule has 0 aromatic heterocycles. The van der Waals surface area contributed by atoms with Crippen molar-refractivity contribution in [2.75, 3.05) is 6.61 Å². The van der Waals surface area contributed by atoms with E-state index < -0.39 is 6.10 Å². The summed E-state index contributed by atoms with van der Waals surface area (Å²) in [7, 11) is 0. The van der Waals surface area contributed by atoms with Gasteiger partial charge in [-0.2, -0.15) is 0 Å². The maximum atomic E-state index is 12.2. The molecule has 0 amide bonds. The second-order valence-corrected chi connectivity index (χ2v) is 4.02. The average Bonchev–Trinajstić information content (AvgIpc) is 2.46. The van der Waals surface area contributed by atoms with Crippen LogP contribution < -0.4 is 0 Å². The Bertz CT molecular complexity index is 534. The standard InChI is InChI=1S/C15H14O3/c16-10-14(17)12-7-4-8-13(9-12)15(18)11-5-2-1-3-6-11/h1-9,14,16-17H,10H2. The average molecular weight is 242 g/mol. The highest BCUT2D eigenvalue weighted by molar-refractivity contribution is 6.09. The Morgan fingerprint density at radius 1 is 1.00 bits per heavy atom. The second kappa shape index (κ2) is 5.58. The monoisotopic (exact) mass is 242 g/mol. The van der Waals surface area contributed by atoms with E-state index in [0.717, 1.165) is 0 Å². The molecule has 2 N–H and O–H groups in total. The minimum Gasteiger partial charge on any atom is -0.393 e. The highest BCUT2D eigenvalue weighted by atomic mass is 16.3. The van der Waals surface area contributed by atoms with Crippen LogP contribution in [0.15, 0.2) is 54.6 Å². The Balaban J connectivity index is 2.32. The third-order valence-corrected chi connectivity index (χ3v) is 2.74. The molecule has 92 valence electrons. The fraction of sp³-hybridized carbons (Fsp3) is 0.133. The van der Waals surface area contributed by atoms with E-state index in [2.05, 4.69) is 0 Å². The molecule has 0 radical (unpaired) electrons. The van der Waals surface area contributed by atoms with Gasteiger partial charge in [0.25, 0.3) is 0 Å². The van der Waals surface area contributed by atoms with Crippen LogP contribution in [0.5, 0.6) is 0 Å². The predicted octanol–water partition coefficient (Wildman–Crippen LogP) is 1.94. The quantitative estimate of drug-likeness (QED) is 0.806. The Kier molecular flexibility index (Phi) is 3.87. The Morgan fingerprint density at radius 3 is 2.33 bits per heavy atom. The van der Waals surface area contributed by atoms with Crippen LogP contribution in [0.4, 0.5) is 0 Å². The van der Waals surface area contributed by atoms with Crippen LogP contribution in [0, 0.1) is 0 Å².